The summed E-state index contributed by atoms with van der Waals surface area (Å²) < 4.78 is 2.04. The SMILES string of the molecule is Cc1sc(Br)cc1C(O)c1cc(Cl)ccc1I. The molecule has 0 amide bonds. The third-order valence-corrected chi connectivity index (χ3v) is 5.26. The Morgan fingerprint density at radius 1 is 1.35 bits per heavy atom. The summed E-state index contributed by atoms with van der Waals surface area (Å²) in [6.45, 7) is 2.01. The molecule has 5 heteroatoms. The maximum Gasteiger partial charge on any atom is 0.106 e. The van der Waals surface area contributed by atoms with Crippen LogP contribution in [-0.2, 0) is 0 Å². The molecule has 0 saturated carbocycles. The fourth-order valence-electron chi connectivity index (χ4n) is 1.62. The Balaban J connectivity index is 2.46. The summed E-state index contributed by atoms with van der Waals surface area (Å²) in [6.07, 6.45) is -0.622. The van der Waals surface area contributed by atoms with Crippen LogP contribution in [0.3, 0.4) is 0 Å². The van der Waals surface area contributed by atoms with Crippen LogP contribution < -0.4 is 0 Å². The monoisotopic (exact) mass is 442 g/mol. The second-order valence-corrected chi connectivity index (χ2v) is 7.86. The standard InChI is InChI=1S/C12H9BrClIOS/c1-6-8(5-11(13)17-6)12(16)9-4-7(14)2-3-10(9)15/h2-5,12,16H,1H3. The Morgan fingerprint density at radius 3 is 2.65 bits per heavy atom. The highest BCUT2D eigenvalue weighted by atomic mass is 127. The summed E-state index contributed by atoms with van der Waals surface area (Å²) in [5.41, 5.74) is 1.79. The minimum Gasteiger partial charge on any atom is -0.384 e. The predicted octanol–water partition coefficient (Wildman–Crippen LogP) is 5.16. The number of halogens is 3. The van der Waals surface area contributed by atoms with E-state index in [4.69, 9.17) is 11.6 Å². The van der Waals surface area contributed by atoms with Crippen LogP contribution in [0.2, 0.25) is 5.02 Å². The second-order valence-electron chi connectivity index (χ2n) is 3.63. The molecule has 0 bridgehead atoms. The highest BCUT2D eigenvalue weighted by molar-refractivity contribution is 14.1. The van der Waals surface area contributed by atoms with Gasteiger partial charge in [-0.05, 0) is 80.8 Å². The van der Waals surface area contributed by atoms with Crippen molar-refractivity contribution in [2.45, 2.75) is 13.0 Å². The lowest BCUT2D eigenvalue weighted by Gasteiger charge is -2.13. The molecule has 1 unspecified atom stereocenters. The van der Waals surface area contributed by atoms with Gasteiger partial charge in [-0.15, -0.1) is 11.3 Å². The van der Waals surface area contributed by atoms with Crippen molar-refractivity contribution in [2.75, 3.05) is 0 Å². The van der Waals surface area contributed by atoms with Gasteiger partial charge in [0.1, 0.15) is 6.10 Å². The molecule has 0 aliphatic rings. The van der Waals surface area contributed by atoms with Gasteiger partial charge in [0.25, 0.3) is 0 Å². The Morgan fingerprint density at radius 2 is 2.06 bits per heavy atom. The van der Waals surface area contributed by atoms with E-state index in [0.29, 0.717) is 5.02 Å². The number of aliphatic hydroxyl groups is 1. The molecule has 2 rings (SSSR count). The van der Waals surface area contributed by atoms with Crippen LogP contribution in [0.1, 0.15) is 22.1 Å². The molecule has 0 aliphatic heterocycles. The summed E-state index contributed by atoms with van der Waals surface area (Å²) in [4.78, 5) is 1.11. The average Bonchev–Trinajstić information content (AvgIpc) is 2.60. The van der Waals surface area contributed by atoms with Crippen molar-refractivity contribution in [1.29, 1.82) is 0 Å². The van der Waals surface area contributed by atoms with Gasteiger partial charge >= 0.3 is 0 Å². The van der Waals surface area contributed by atoms with E-state index >= 15 is 0 Å². The summed E-state index contributed by atoms with van der Waals surface area (Å²) in [5, 5.41) is 11.1. The summed E-state index contributed by atoms with van der Waals surface area (Å²) in [6, 6.07) is 7.52. The molecule has 90 valence electrons. The maximum absolute atomic E-state index is 10.4. The van der Waals surface area contributed by atoms with Crippen molar-refractivity contribution >= 4 is 61.5 Å². The summed E-state index contributed by atoms with van der Waals surface area (Å²) in [5.74, 6) is 0. The van der Waals surface area contributed by atoms with Crippen LogP contribution >= 0.6 is 61.5 Å². The fourth-order valence-corrected chi connectivity index (χ4v) is 4.17. The summed E-state index contributed by atoms with van der Waals surface area (Å²) >= 11 is 13.2. The zero-order chi connectivity index (χ0) is 12.6. The maximum atomic E-state index is 10.4. The van der Waals surface area contributed by atoms with Gasteiger partial charge in [-0.3, -0.25) is 0 Å². The Hall–Kier alpha value is 0.380. The lowest BCUT2D eigenvalue weighted by atomic mass is 10.0. The number of hydrogen-bond donors (Lipinski definition) is 1. The molecule has 1 heterocycles. The first kappa shape index (κ1) is 13.8. The van der Waals surface area contributed by atoms with E-state index in [0.717, 1.165) is 23.4 Å². The van der Waals surface area contributed by atoms with Gasteiger partial charge in [-0.25, -0.2) is 0 Å². The van der Waals surface area contributed by atoms with Crippen LogP contribution in [0.15, 0.2) is 28.1 Å². The minimum absolute atomic E-state index is 0.622. The molecule has 1 aromatic heterocycles. The molecule has 0 fully saturated rings. The first-order valence-electron chi connectivity index (χ1n) is 4.88. The van der Waals surface area contributed by atoms with Crippen LogP contribution in [0.5, 0.6) is 0 Å². The fraction of sp³-hybridized carbons (Fsp3) is 0.167. The number of aliphatic hydroxyl groups excluding tert-OH is 1. The molecule has 1 atom stereocenters. The number of thiophene rings is 1. The normalized spacial score (nSPS) is 12.8. The largest absolute Gasteiger partial charge is 0.384 e. The highest BCUT2D eigenvalue weighted by Gasteiger charge is 2.18. The van der Waals surface area contributed by atoms with Crippen LogP contribution in [-0.4, -0.2) is 5.11 Å². The van der Waals surface area contributed by atoms with Crippen LogP contribution in [0.4, 0.5) is 0 Å². The van der Waals surface area contributed by atoms with E-state index in [1.807, 2.05) is 31.2 Å². The number of benzene rings is 1. The molecule has 2 aromatic rings. The Kier molecular flexibility index (Phi) is 4.52. The molecule has 1 nitrogen and oxygen atoms in total. The summed E-state index contributed by atoms with van der Waals surface area (Å²) in [7, 11) is 0. The topological polar surface area (TPSA) is 20.2 Å². The van der Waals surface area contributed by atoms with Gasteiger partial charge in [0.05, 0.1) is 3.79 Å². The average molecular weight is 444 g/mol. The lowest BCUT2D eigenvalue weighted by Crippen LogP contribution is -2.02. The van der Waals surface area contributed by atoms with Crippen molar-refractivity contribution in [3.8, 4) is 0 Å². The zero-order valence-corrected chi connectivity index (χ0v) is 14.2. The number of rotatable bonds is 2. The third kappa shape index (κ3) is 3.04. The van der Waals surface area contributed by atoms with E-state index in [1.165, 1.54) is 0 Å². The Labute approximate surface area is 131 Å². The first-order chi connectivity index (χ1) is 7.99. The number of aryl methyl sites for hydroxylation is 1. The minimum atomic E-state index is -0.622. The molecular weight excluding hydrogens is 434 g/mol. The van der Waals surface area contributed by atoms with E-state index in [-0.39, 0.29) is 0 Å². The molecule has 0 saturated heterocycles. The van der Waals surface area contributed by atoms with Gasteiger partial charge in [0, 0.05) is 13.5 Å². The van der Waals surface area contributed by atoms with Gasteiger partial charge < -0.3 is 5.11 Å². The molecule has 0 aliphatic carbocycles. The molecule has 17 heavy (non-hydrogen) atoms. The zero-order valence-electron chi connectivity index (χ0n) is 8.88. The van der Waals surface area contributed by atoms with E-state index < -0.39 is 6.10 Å². The number of hydrogen-bond acceptors (Lipinski definition) is 2. The molecule has 0 radical (unpaired) electrons. The third-order valence-electron chi connectivity index (χ3n) is 2.47. The predicted molar refractivity (Wildman–Crippen MR) is 85.0 cm³/mol. The quantitative estimate of drug-likeness (QED) is 0.636. The smallest absolute Gasteiger partial charge is 0.106 e. The second kappa shape index (κ2) is 5.57. The van der Waals surface area contributed by atoms with Crippen molar-refractivity contribution in [3.63, 3.8) is 0 Å². The molecule has 1 aromatic carbocycles. The highest BCUT2D eigenvalue weighted by Crippen LogP contribution is 2.35. The van der Waals surface area contributed by atoms with E-state index in [9.17, 15) is 5.11 Å². The molecule has 0 spiro atoms. The molecular formula is C12H9BrClIOS. The van der Waals surface area contributed by atoms with Crippen molar-refractivity contribution in [2.24, 2.45) is 0 Å². The Bertz CT molecular complexity index is 555. The molecule has 1 N–H and O–H groups in total. The van der Waals surface area contributed by atoms with Crippen LogP contribution in [0.25, 0.3) is 0 Å². The van der Waals surface area contributed by atoms with E-state index in [1.54, 1.807) is 11.3 Å². The van der Waals surface area contributed by atoms with Crippen molar-refractivity contribution < 1.29 is 5.11 Å². The van der Waals surface area contributed by atoms with Gasteiger partial charge in [-0.2, -0.15) is 0 Å². The van der Waals surface area contributed by atoms with Gasteiger partial charge in [0.2, 0.25) is 0 Å². The first-order valence-corrected chi connectivity index (χ1v) is 7.94. The lowest BCUT2D eigenvalue weighted by molar-refractivity contribution is 0.219. The van der Waals surface area contributed by atoms with E-state index in [2.05, 4.69) is 38.5 Å². The van der Waals surface area contributed by atoms with Gasteiger partial charge in [0.15, 0.2) is 0 Å². The van der Waals surface area contributed by atoms with Crippen molar-refractivity contribution in [3.05, 3.63) is 52.6 Å². The van der Waals surface area contributed by atoms with Crippen molar-refractivity contribution in [1.82, 2.24) is 0 Å². The van der Waals surface area contributed by atoms with Crippen LogP contribution in [0, 0.1) is 10.5 Å². The van der Waals surface area contributed by atoms with Gasteiger partial charge in [-0.1, -0.05) is 11.6 Å².